The van der Waals surface area contributed by atoms with Gasteiger partial charge in [0.1, 0.15) is 16.7 Å². The highest BCUT2D eigenvalue weighted by atomic mass is 79.9. The maximum atomic E-state index is 12.2. The van der Waals surface area contributed by atoms with Crippen LogP contribution in [-0.4, -0.2) is 25.0 Å². The molecule has 0 radical (unpaired) electrons. The van der Waals surface area contributed by atoms with Gasteiger partial charge in [-0.05, 0) is 40.2 Å². The first-order valence-corrected chi connectivity index (χ1v) is 7.21. The number of ether oxygens (including phenoxy) is 1. The van der Waals surface area contributed by atoms with Gasteiger partial charge in [0.25, 0.3) is 5.91 Å². The summed E-state index contributed by atoms with van der Waals surface area (Å²) in [5.41, 5.74) is 1.04. The number of hydrogen-bond acceptors (Lipinski definition) is 4. The second-order valence-electron chi connectivity index (χ2n) is 4.12. The maximum Gasteiger partial charge on any atom is 0.255 e. The maximum absolute atomic E-state index is 12.2. The Labute approximate surface area is 135 Å². The zero-order valence-electron chi connectivity index (χ0n) is 11.4. The average molecular weight is 371 g/mol. The molecule has 0 unspecified atom stereocenters. The van der Waals surface area contributed by atoms with Crippen molar-refractivity contribution in [3.8, 4) is 5.75 Å². The number of carbonyl (C=O) groups is 1. The fraction of sp³-hybridized carbons (Fsp3) is 0.143. The molecule has 5 nitrogen and oxygen atoms in total. The van der Waals surface area contributed by atoms with E-state index in [4.69, 9.17) is 16.3 Å². The summed E-state index contributed by atoms with van der Waals surface area (Å²) in [5, 5.41) is 5.89. The highest BCUT2D eigenvalue weighted by Gasteiger charge is 2.10. The van der Waals surface area contributed by atoms with Crippen LogP contribution < -0.4 is 15.4 Å². The Bertz CT molecular complexity index is 679. The van der Waals surface area contributed by atoms with Gasteiger partial charge < -0.3 is 15.4 Å². The van der Waals surface area contributed by atoms with E-state index in [1.54, 1.807) is 38.4 Å². The Hall–Kier alpha value is -1.79. The lowest BCUT2D eigenvalue weighted by atomic mass is 10.2. The van der Waals surface area contributed by atoms with Gasteiger partial charge in [-0.15, -0.1) is 0 Å². The van der Waals surface area contributed by atoms with E-state index >= 15 is 0 Å². The second-order valence-corrected chi connectivity index (χ2v) is 5.36. The van der Waals surface area contributed by atoms with Crippen LogP contribution in [0.1, 0.15) is 10.4 Å². The highest BCUT2D eigenvalue weighted by Crippen LogP contribution is 2.28. The number of pyridine rings is 1. The lowest BCUT2D eigenvalue weighted by molar-refractivity contribution is 0.102. The van der Waals surface area contributed by atoms with Gasteiger partial charge in [0.15, 0.2) is 0 Å². The van der Waals surface area contributed by atoms with Gasteiger partial charge in [-0.2, -0.15) is 0 Å². The number of nitrogens with zero attached hydrogens (tertiary/aromatic N) is 1. The molecule has 0 fully saturated rings. The van der Waals surface area contributed by atoms with E-state index in [1.165, 1.54) is 6.07 Å². The van der Waals surface area contributed by atoms with E-state index in [9.17, 15) is 4.79 Å². The molecule has 1 aromatic carbocycles. The first-order chi connectivity index (χ1) is 10.0. The third-order valence-corrected chi connectivity index (χ3v) is 3.57. The fourth-order valence-electron chi connectivity index (χ4n) is 1.70. The molecular weight excluding hydrogens is 358 g/mol. The third kappa shape index (κ3) is 3.86. The van der Waals surface area contributed by atoms with Crippen LogP contribution in [0, 0.1) is 0 Å². The van der Waals surface area contributed by atoms with Crippen molar-refractivity contribution in [3.63, 3.8) is 0 Å². The molecule has 1 amide bonds. The van der Waals surface area contributed by atoms with Crippen LogP contribution in [0.25, 0.3) is 0 Å². The van der Waals surface area contributed by atoms with Crippen LogP contribution in [0.4, 0.5) is 11.5 Å². The van der Waals surface area contributed by atoms with E-state index in [0.717, 1.165) is 4.47 Å². The zero-order chi connectivity index (χ0) is 15.4. The van der Waals surface area contributed by atoms with Crippen LogP contribution >= 0.6 is 27.5 Å². The van der Waals surface area contributed by atoms with Crippen LogP contribution in [0.2, 0.25) is 5.15 Å². The molecule has 0 aliphatic carbocycles. The first kappa shape index (κ1) is 15.6. The summed E-state index contributed by atoms with van der Waals surface area (Å²) in [5.74, 6) is 0.887. The monoisotopic (exact) mass is 369 g/mol. The molecule has 0 aliphatic rings. The van der Waals surface area contributed by atoms with Crippen LogP contribution in [0.15, 0.2) is 34.8 Å². The van der Waals surface area contributed by atoms with Crippen molar-refractivity contribution < 1.29 is 9.53 Å². The van der Waals surface area contributed by atoms with E-state index in [2.05, 4.69) is 31.5 Å². The summed E-state index contributed by atoms with van der Waals surface area (Å²) in [6.07, 6.45) is 0. The minimum Gasteiger partial charge on any atom is -0.495 e. The molecule has 2 N–H and O–H groups in total. The quantitative estimate of drug-likeness (QED) is 0.804. The zero-order valence-corrected chi connectivity index (χ0v) is 13.7. The van der Waals surface area contributed by atoms with Crippen LogP contribution in [-0.2, 0) is 0 Å². The Kier molecular flexibility index (Phi) is 5.03. The summed E-state index contributed by atoms with van der Waals surface area (Å²) in [6.45, 7) is 0. The Morgan fingerprint density at radius 1 is 1.33 bits per heavy atom. The smallest absolute Gasteiger partial charge is 0.255 e. The SMILES string of the molecule is CNc1cc(C(=O)Nc2ccc(Br)c(OC)c2)cc(Cl)n1. The molecule has 21 heavy (non-hydrogen) atoms. The number of hydrogen-bond donors (Lipinski definition) is 2. The van der Waals surface area contributed by atoms with E-state index in [-0.39, 0.29) is 11.1 Å². The molecule has 1 heterocycles. The second kappa shape index (κ2) is 6.78. The minimum atomic E-state index is -0.278. The number of benzene rings is 1. The van der Waals surface area contributed by atoms with E-state index in [1.807, 2.05) is 0 Å². The predicted octanol–water partition coefficient (Wildman–Crippen LogP) is 3.80. The van der Waals surface area contributed by atoms with Gasteiger partial charge in [-0.25, -0.2) is 4.98 Å². The molecule has 0 bridgehead atoms. The van der Waals surface area contributed by atoms with Crippen molar-refractivity contribution in [1.82, 2.24) is 4.98 Å². The van der Waals surface area contributed by atoms with Crippen molar-refractivity contribution in [1.29, 1.82) is 0 Å². The van der Waals surface area contributed by atoms with Crippen molar-refractivity contribution >= 4 is 44.9 Å². The van der Waals surface area contributed by atoms with Crippen molar-refractivity contribution in [2.75, 3.05) is 24.8 Å². The Morgan fingerprint density at radius 3 is 2.76 bits per heavy atom. The normalized spacial score (nSPS) is 10.1. The number of anilines is 2. The Morgan fingerprint density at radius 2 is 2.10 bits per heavy atom. The van der Waals surface area contributed by atoms with E-state index < -0.39 is 0 Å². The summed E-state index contributed by atoms with van der Waals surface area (Å²) in [6, 6.07) is 8.42. The fourth-order valence-corrected chi connectivity index (χ4v) is 2.31. The number of aromatic nitrogens is 1. The number of nitrogens with one attached hydrogen (secondary N) is 2. The van der Waals surface area contributed by atoms with Crippen molar-refractivity contribution in [3.05, 3.63) is 45.5 Å². The number of rotatable bonds is 4. The lowest BCUT2D eigenvalue weighted by Gasteiger charge is -2.09. The van der Waals surface area contributed by atoms with Gasteiger partial charge in [-0.3, -0.25) is 4.79 Å². The van der Waals surface area contributed by atoms with Gasteiger partial charge >= 0.3 is 0 Å². The standard InChI is InChI=1S/C14H13BrClN3O2/c1-17-13-6-8(5-12(16)19-13)14(20)18-9-3-4-10(15)11(7-9)21-2/h3-7H,1-2H3,(H,17,19)(H,18,20). The molecule has 1 aromatic heterocycles. The first-order valence-electron chi connectivity index (χ1n) is 6.03. The number of methoxy groups -OCH3 is 1. The third-order valence-electron chi connectivity index (χ3n) is 2.72. The van der Waals surface area contributed by atoms with Gasteiger partial charge in [0.05, 0.1) is 11.6 Å². The molecule has 7 heteroatoms. The molecule has 0 aliphatic heterocycles. The average Bonchev–Trinajstić information content (AvgIpc) is 2.48. The topological polar surface area (TPSA) is 63.2 Å². The van der Waals surface area contributed by atoms with Crippen LogP contribution in [0.5, 0.6) is 5.75 Å². The molecule has 110 valence electrons. The number of carbonyl (C=O) groups excluding carboxylic acids is 1. The van der Waals surface area contributed by atoms with Crippen molar-refractivity contribution in [2.24, 2.45) is 0 Å². The lowest BCUT2D eigenvalue weighted by Crippen LogP contribution is -2.12. The van der Waals surface area contributed by atoms with Gasteiger partial charge in [0, 0.05) is 24.4 Å². The summed E-state index contributed by atoms with van der Waals surface area (Å²) in [7, 11) is 3.27. The minimum absolute atomic E-state index is 0.250. The number of halogens is 2. The molecule has 0 atom stereocenters. The molecular formula is C14H13BrClN3O2. The van der Waals surface area contributed by atoms with Gasteiger partial charge in [-0.1, -0.05) is 11.6 Å². The predicted molar refractivity (Wildman–Crippen MR) is 87.4 cm³/mol. The van der Waals surface area contributed by atoms with Gasteiger partial charge in [0.2, 0.25) is 0 Å². The Balaban J connectivity index is 2.23. The van der Waals surface area contributed by atoms with Crippen molar-refractivity contribution in [2.45, 2.75) is 0 Å². The highest BCUT2D eigenvalue weighted by molar-refractivity contribution is 9.10. The molecule has 0 saturated carbocycles. The molecule has 2 aromatic rings. The van der Waals surface area contributed by atoms with Crippen LogP contribution in [0.3, 0.4) is 0 Å². The number of amides is 1. The summed E-state index contributed by atoms with van der Waals surface area (Å²) < 4.78 is 6.00. The molecule has 2 rings (SSSR count). The molecule has 0 spiro atoms. The van der Waals surface area contributed by atoms with E-state index in [0.29, 0.717) is 22.8 Å². The molecule has 0 saturated heterocycles. The summed E-state index contributed by atoms with van der Waals surface area (Å²) >= 11 is 9.25. The largest absolute Gasteiger partial charge is 0.495 e. The summed E-state index contributed by atoms with van der Waals surface area (Å²) in [4.78, 5) is 16.3.